The second-order valence-corrected chi connectivity index (χ2v) is 5.70. The maximum Gasteiger partial charge on any atom is 0.220 e. The van der Waals surface area contributed by atoms with Crippen LogP contribution >= 0.6 is 12.4 Å². The minimum Gasteiger partial charge on any atom is -0.353 e. The fraction of sp³-hybridized carbons (Fsp3) is 0.562. The van der Waals surface area contributed by atoms with Gasteiger partial charge in [-0.15, -0.1) is 12.4 Å². The van der Waals surface area contributed by atoms with Crippen molar-refractivity contribution in [2.75, 3.05) is 6.54 Å². The Balaban J connectivity index is 0.00000242. The van der Waals surface area contributed by atoms with E-state index in [1.807, 2.05) is 0 Å². The number of amides is 1. The molecule has 1 aromatic rings. The van der Waals surface area contributed by atoms with E-state index >= 15 is 0 Å². The zero-order valence-electron chi connectivity index (χ0n) is 12.5. The van der Waals surface area contributed by atoms with Crippen LogP contribution in [0.25, 0.3) is 0 Å². The summed E-state index contributed by atoms with van der Waals surface area (Å²) < 4.78 is 25.8. The van der Waals surface area contributed by atoms with Crippen molar-refractivity contribution in [1.82, 2.24) is 5.32 Å². The number of aryl methyl sites for hydroxylation is 1. The van der Waals surface area contributed by atoms with Gasteiger partial charge in [-0.1, -0.05) is 12.5 Å². The van der Waals surface area contributed by atoms with Crippen LogP contribution < -0.4 is 11.1 Å². The fourth-order valence-corrected chi connectivity index (χ4v) is 2.94. The maximum atomic E-state index is 13.1. The Kier molecular flexibility index (Phi) is 7.76. The lowest BCUT2D eigenvalue weighted by molar-refractivity contribution is -0.122. The van der Waals surface area contributed by atoms with E-state index in [2.05, 4.69) is 5.32 Å². The predicted octanol–water partition coefficient (Wildman–Crippen LogP) is 2.95. The van der Waals surface area contributed by atoms with Crippen molar-refractivity contribution < 1.29 is 13.6 Å². The number of halogens is 3. The van der Waals surface area contributed by atoms with E-state index < -0.39 is 11.6 Å². The molecule has 1 fully saturated rings. The summed E-state index contributed by atoms with van der Waals surface area (Å²) in [5.41, 5.74) is 6.40. The molecule has 0 saturated heterocycles. The van der Waals surface area contributed by atoms with Crippen LogP contribution in [-0.4, -0.2) is 18.5 Å². The Morgan fingerprint density at radius 1 is 1.27 bits per heavy atom. The minimum absolute atomic E-state index is 0. The second-order valence-electron chi connectivity index (χ2n) is 5.70. The van der Waals surface area contributed by atoms with Crippen LogP contribution in [0.5, 0.6) is 0 Å². The predicted molar refractivity (Wildman–Crippen MR) is 84.9 cm³/mol. The van der Waals surface area contributed by atoms with Gasteiger partial charge in [0.1, 0.15) is 0 Å². The number of rotatable bonds is 6. The molecular formula is C16H23ClF2N2O. The Morgan fingerprint density at radius 3 is 2.73 bits per heavy atom. The first-order valence-electron chi connectivity index (χ1n) is 7.53. The normalized spacial score (nSPS) is 20.5. The highest BCUT2D eigenvalue weighted by molar-refractivity contribution is 5.85. The molecule has 22 heavy (non-hydrogen) atoms. The highest BCUT2D eigenvalue weighted by Crippen LogP contribution is 2.24. The van der Waals surface area contributed by atoms with Gasteiger partial charge in [0.05, 0.1) is 0 Å². The molecule has 0 radical (unpaired) electrons. The van der Waals surface area contributed by atoms with Gasteiger partial charge in [0.2, 0.25) is 5.91 Å². The lowest BCUT2D eigenvalue weighted by Gasteiger charge is -2.19. The fourth-order valence-electron chi connectivity index (χ4n) is 2.94. The minimum atomic E-state index is -0.842. The van der Waals surface area contributed by atoms with Gasteiger partial charge in [-0.3, -0.25) is 4.79 Å². The van der Waals surface area contributed by atoms with Crippen molar-refractivity contribution in [3.05, 3.63) is 35.4 Å². The van der Waals surface area contributed by atoms with Crippen LogP contribution in [0, 0.1) is 17.6 Å². The third kappa shape index (κ3) is 5.21. The van der Waals surface area contributed by atoms with Crippen molar-refractivity contribution in [3.63, 3.8) is 0 Å². The quantitative estimate of drug-likeness (QED) is 0.841. The molecule has 2 unspecified atom stereocenters. The Hall–Kier alpha value is -1.20. The Bertz CT molecular complexity index is 499. The van der Waals surface area contributed by atoms with E-state index in [4.69, 9.17) is 5.73 Å². The number of hydrogen-bond acceptors (Lipinski definition) is 2. The third-order valence-electron chi connectivity index (χ3n) is 4.16. The maximum absolute atomic E-state index is 13.1. The molecule has 3 N–H and O–H groups in total. The average Bonchev–Trinajstić information content (AvgIpc) is 2.90. The van der Waals surface area contributed by atoms with Crippen molar-refractivity contribution >= 4 is 18.3 Å². The average molecular weight is 333 g/mol. The molecule has 0 aliphatic heterocycles. The first kappa shape index (κ1) is 18.8. The standard InChI is InChI=1S/C16H22F2N2O.ClH/c17-13-8-7-11(9-14(13)18)3-1-6-16(21)20-15-5-2-4-12(15)10-19;/h7-9,12,15H,1-6,10,19H2,(H,20,21);1H. The molecule has 6 heteroatoms. The molecule has 1 amide bonds. The first-order valence-corrected chi connectivity index (χ1v) is 7.53. The monoisotopic (exact) mass is 332 g/mol. The SMILES string of the molecule is Cl.NCC1CCCC1NC(=O)CCCc1ccc(F)c(F)c1. The van der Waals surface area contributed by atoms with Gasteiger partial charge in [0, 0.05) is 12.5 Å². The molecule has 2 rings (SSSR count). The summed E-state index contributed by atoms with van der Waals surface area (Å²) in [4.78, 5) is 11.9. The molecule has 1 aliphatic carbocycles. The van der Waals surface area contributed by atoms with E-state index in [0.29, 0.717) is 37.3 Å². The molecule has 3 nitrogen and oxygen atoms in total. The number of nitrogens with one attached hydrogen (secondary N) is 1. The van der Waals surface area contributed by atoms with Gasteiger partial charge in [-0.2, -0.15) is 0 Å². The molecule has 124 valence electrons. The van der Waals surface area contributed by atoms with Crippen LogP contribution in [0.2, 0.25) is 0 Å². The largest absolute Gasteiger partial charge is 0.353 e. The number of benzene rings is 1. The lowest BCUT2D eigenvalue weighted by atomic mass is 10.0. The number of nitrogens with two attached hydrogens (primary N) is 1. The zero-order valence-corrected chi connectivity index (χ0v) is 13.3. The summed E-state index contributed by atoms with van der Waals surface area (Å²) in [7, 11) is 0. The summed E-state index contributed by atoms with van der Waals surface area (Å²) in [6, 6.07) is 4.06. The van der Waals surface area contributed by atoms with Gasteiger partial charge in [0.15, 0.2) is 11.6 Å². The third-order valence-corrected chi connectivity index (χ3v) is 4.16. The topological polar surface area (TPSA) is 55.1 Å². The van der Waals surface area contributed by atoms with Gasteiger partial charge in [0.25, 0.3) is 0 Å². The van der Waals surface area contributed by atoms with Crippen LogP contribution in [0.3, 0.4) is 0 Å². The molecule has 1 saturated carbocycles. The van der Waals surface area contributed by atoms with Crippen LogP contribution in [0.15, 0.2) is 18.2 Å². The molecule has 1 aliphatic rings. The van der Waals surface area contributed by atoms with Crippen molar-refractivity contribution in [2.24, 2.45) is 11.7 Å². The summed E-state index contributed by atoms with van der Waals surface area (Å²) in [5.74, 6) is -1.28. The summed E-state index contributed by atoms with van der Waals surface area (Å²) in [5, 5.41) is 3.03. The van der Waals surface area contributed by atoms with E-state index in [1.165, 1.54) is 6.07 Å². The molecular weight excluding hydrogens is 310 g/mol. The van der Waals surface area contributed by atoms with E-state index in [1.54, 1.807) is 6.07 Å². The summed E-state index contributed by atoms with van der Waals surface area (Å²) in [6.07, 6.45) is 4.77. The van der Waals surface area contributed by atoms with Crippen molar-refractivity contribution in [1.29, 1.82) is 0 Å². The Labute approximate surface area is 136 Å². The number of carbonyl (C=O) groups is 1. The molecule has 0 spiro atoms. The summed E-state index contributed by atoms with van der Waals surface area (Å²) >= 11 is 0. The molecule has 0 bridgehead atoms. The number of hydrogen-bond donors (Lipinski definition) is 2. The lowest BCUT2D eigenvalue weighted by Crippen LogP contribution is -2.39. The van der Waals surface area contributed by atoms with Gasteiger partial charge in [-0.25, -0.2) is 8.78 Å². The van der Waals surface area contributed by atoms with E-state index in [-0.39, 0.29) is 24.4 Å². The molecule has 0 aromatic heterocycles. The second kappa shape index (κ2) is 9.06. The zero-order chi connectivity index (χ0) is 15.2. The highest BCUT2D eigenvalue weighted by Gasteiger charge is 2.26. The molecule has 1 aromatic carbocycles. The Morgan fingerprint density at radius 2 is 2.05 bits per heavy atom. The van der Waals surface area contributed by atoms with Gasteiger partial charge >= 0.3 is 0 Å². The first-order chi connectivity index (χ1) is 10.1. The van der Waals surface area contributed by atoms with Crippen LogP contribution in [-0.2, 0) is 11.2 Å². The van der Waals surface area contributed by atoms with Crippen molar-refractivity contribution in [3.8, 4) is 0 Å². The van der Waals surface area contributed by atoms with Gasteiger partial charge < -0.3 is 11.1 Å². The van der Waals surface area contributed by atoms with E-state index in [0.717, 1.165) is 25.3 Å². The van der Waals surface area contributed by atoms with Gasteiger partial charge in [-0.05, 0) is 55.8 Å². The van der Waals surface area contributed by atoms with Crippen LogP contribution in [0.1, 0.15) is 37.7 Å². The van der Waals surface area contributed by atoms with Crippen LogP contribution in [0.4, 0.5) is 8.78 Å². The highest BCUT2D eigenvalue weighted by atomic mass is 35.5. The smallest absolute Gasteiger partial charge is 0.220 e. The van der Waals surface area contributed by atoms with Crippen molar-refractivity contribution in [2.45, 2.75) is 44.6 Å². The molecule has 2 atom stereocenters. The molecule has 0 heterocycles. The summed E-state index contributed by atoms with van der Waals surface area (Å²) in [6.45, 7) is 0.611. The van der Waals surface area contributed by atoms with E-state index in [9.17, 15) is 13.6 Å². The number of carbonyl (C=O) groups excluding carboxylic acids is 1.